The highest BCUT2D eigenvalue weighted by atomic mass is 16.7. The third kappa shape index (κ3) is 3.08. The molecular weight excluding hydrogens is 360 g/mol. The van der Waals surface area contributed by atoms with E-state index < -0.39 is 36.3 Å². The maximum absolute atomic E-state index is 13.0. The topological polar surface area (TPSA) is 84.9 Å². The predicted molar refractivity (Wildman–Crippen MR) is 99.1 cm³/mol. The maximum atomic E-state index is 13.0. The molecular formula is C21H20N2O5. The van der Waals surface area contributed by atoms with Crippen LogP contribution in [-0.2, 0) is 14.3 Å². The minimum absolute atomic E-state index is 0.183. The van der Waals surface area contributed by atoms with Gasteiger partial charge in [-0.1, -0.05) is 42.5 Å². The van der Waals surface area contributed by atoms with E-state index in [1.54, 1.807) is 36.4 Å². The van der Waals surface area contributed by atoms with E-state index in [0.717, 1.165) is 4.90 Å². The number of nitrogens with zero attached hydrogens (tertiary/aromatic N) is 1. The fraction of sp³-hybridized carbons (Fsp3) is 0.286. The first-order chi connectivity index (χ1) is 13.5. The summed E-state index contributed by atoms with van der Waals surface area (Å²) < 4.78 is 11.6. The average molecular weight is 380 g/mol. The van der Waals surface area contributed by atoms with Crippen LogP contribution in [0.2, 0.25) is 0 Å². The molecule has 1 saturated heterocycles. The van der Waals surface area contributed by atoms with Gasteiger partial charge < -0.3 is 14.8 Å². The summed E-state index contributed by atoms with van der Waals surface area (Å²) in [7, 11) is 0. The van der Waals surface area contributed by atoms with E-state index in [1.807, 2.05) is 32.0 Å². The standard InChI is InChI=1S/C21H20N2O5/c1-12(2)27-21-22-18(24)16(17(28-21)13-8-4-3-5-9-13)23-19(25)14-10-6-7-11-15(14)20(23)26/h3-12,16-17,21H,1-2H3,(H,22,24)/t16-,17-,21+/m0/s1. The smallest absolute Gasteiger partial charge is 0.262 e. The number of amides is 3. The SMILES string of the molecule is CC(C)O[C@H]1NC(=O)[C@@H](N2C(=O)c3ccccc3C2=O)[C@H](c2ccccc2)O1. The van der Waals surface area contributed by atoms with E-state index in [2.05, 4.69) is 5.32 Å². The molecule has 144 valence electrons. The summed E-state index contributed by atoms with van der Waals surface area (Å²) in [4.78, 5) is 39.8. The predicted octanol–water partition coefficient (Wildman–Crippen LogP) is 2.25. The second-order valence-electron chi connectivity index (χ2n) is 6.96. The molecule has 0 bridgehead atoms. The Labute approximate surface area is 162 Å². The Morgan fingerprint density at radius 3 is 2.07 bits per heavy atom. The van der Waals surface area contributed by atoms with Crippen molar-refractivity contribution in [3.8, 4) is 0 Å². The van der Waals surface area contributed by atoms with Crippen LogP contribution in [0, 0.1) is 0 Å². The van der Waals surface area contributed by atoms with Crippen LogP contribution in [-0.4, -0.2) is 41.2 Å². The zero-order chi connectivity index (χ0) is 19.8. The first-order valence-corrected chi connectivity index (χ1v) is 9.10. The summed E-state index contributed by atoms with van der Waals surface area (Å²) in [5, 5.41) is 2.61. The highest BCUT2D eigenvalue weighted by Crippen LogP contribution is 2.35. The minimum atomic E-state index is -1.14. The number of nitrogens with one attached hydrogen (secondary N) is 1. The van der Waals surface area contributed by atoms with Crippen molar-refractivity contribution in [1.82, 2.24) is 10.2 Å². The van der Waals surface area contributed by atoms with Crippen LogP contribution in [0.5, 0.6) is 0 Å². The first kappa shape index (κ1) is 18.3. The molecule has 7 nitrogen and oxygen atoms in total. The Balaban J connectivity index is 1.73. The minimum Gasteiger partial charge on any atom is -0.333 e. The number of hydrogen-bond acceptors (Lipinski definition) is 5. The molecule has 0 saturated carbocycles. The highest BCUT2D eigenvalue weighted by Gasteiger charge is 2.50. The number of carbonyl (C=O) groups is 3. The van der Waals surface area contributed by atoms with Gasteiger partial charge in [-0.15, -0.1) is 0 Å². The molecule has 0 spiro atoms. The van der Waals surface area contributed by atoms with Crippen molar-refractivity contribution in [2.45, 2.75) is 38.5 Å². The third-order valence-corrected chi connectivity index (χ3v) is 4.71. The molecule has 3 atom stereocenters. The molecule has 2 heterocycles. The molecule has 2 aliphatic rings. The number of carbonyl (C=O) groups excluding carboxylic acids is 3. The molecule has 0 aliphatic carbocycles. The van der Waals surface area contributed by atoms with Gasteiger partial charge in [0, 0.05) is 0 Å². The van der Waals surface area contributed by atoms with E-state index in [4.69, 9.17) is 9.47 Å². The van der Waals surface area contributed by atoms with E-state index >= 15 is 0 Å². The van der Waals surface area contributed by atoms with E-state index in [-0.39, 0.29) is 17.2 Å². The Morgan fingerprint density at radius 2 is 1.50 bits per heavy atom. The number of imide groups is 1. The Kier molecular flexibility index (Phi) is 4.70. The van der Waals surface area contributed by atoms with Gasteiger partial charge in [0.05, 0.1) is 17.2 Å². The number of hydrogen-bond donors (Lipinski definition) is 1. The van der Waals surface area contributed by atoms with Crippen LogP contribution in [0.4, 0.5) is 0 Å². The van der Waals surface area contributed by atoms with Crippen LogP contribution in [0.1, 0.15) is 46.2 Å². The van der Waals surface area contributed by atoms with E-state index in [0.29, 0.717) is 5.56 Å². The van der Waals surface area contributed by atoms with Gasteiger partial charge in [-0.3, -0.25) is 19.3 Å². The van der Waals surface area contributed by atoms with E-state index in [1.165, 1.54) is 0 Å². The van der Waals surface area contributed by atoms with E-state index in [9.17, 15) is 14.4 Å². The molecule has 4 rings (SSSR count). The Bertz CT molecular complexity index is 892. The van der Waals surface area contributed by atoms with Crippen molar-refractivity contribution in [3.05, 3.63) is 71.3 Å². The molecule has 1 fully saturated rings. The van der Waals surface area contributed by atoms with Crippen molar-refractivity contribution < 1.29 is 23.9 Å². The molecule has 7 heteroatoms. The van der Waals surface area contributed by atoms with Gasteiger partial charge >= 0.3 is 0 Å². The monoisotopic (exact) mass is 380 g/mol. The van der Waals surface area contributed by atoms with Crippen LogP contribution in [0.25, 0.3) is 0 Å². The molecule has 1 N–H and O–H groups in total. The quantitative estimate of drug-likeness (QED) is 0.823. The summed E-state index contributed by atoms with van der Waals surface area (Å²) in [5.74, 6) is -1.51. The largest absolute Gasteiger partial charge is 0.333 e. The summed E-state index contributed by atoms with van der Waals surface area (Å²) >= 11 is 0. The van der Waals surface area contributed by atoms with Gasteiger partial charge in [-0.05, 0) is 31.5 Å². The number of fused-ring (bicyclic) bond motifs is 1. The van der Waals surface area contributed by atoms with Gasteiger partial charge in [0.2, 0.25) is 12.3 Å². The fourth-order valence-electron chi connectivity index (χ4n) is 3.51. The summed E-state index contributed by atoms with van der Waals surface area (Å²) in [6.07, 6.45) is -2.00. The lowest BCUT2D eigenvalue weighted by Crippen LogP contribution is -2.61. The second-order valence-corrected chi connectivity index (χ2v) is 6.96. The van der Waals surface area contributed by atoms with Crippen molar-refractivity contribution in [3.63, 3.8) is 0 Å². The van der Waals surface area contributed by atoms with Gasteiger partial charge in [-0.25, -0.2) is 0 Å². The van der Waals surface area contributed by atoms with Crippen molar-refractivity contribution >= 4 is 17.7 Å². The molecule has 0 radical (unpaired) electrons. The third-order valence-electron chi connectivity index (χ3n) is 4.71. The molecule has 0 aromatic heterocycles. The lowest BCUT2D eigenvalue weighted by Gasteiger charge is -2.39. The maximum Gasteiger partial charge on any atom is 0.262 e. The normalized spacial score (nSPS) is 24.5. The number of benzene rings is 2. The zero-order valence-electron chi connectivity index (χ0n) is 15.5. The van der Waals surface area contributed by atoms with Crippen LogP contribution < -0.4 is 5.32 Å². The lowest BCUT2D eigenvalue weighted by molar-refractivity contribution is -0.232. The molecule has 2 aromatic carbocycles. The van der Waals surface area contributed by atoms with Gasteiger partial charge in [0.1, 0.15) is 12.1 Å². The average Bonchev–Trinajstić information content (AvgIpc) is 2.93. The molecule has 0 unspecified atom stereocenters. The molecule has 3 amide bonds. The lowest BCUT2D eigenvalue weighted by atomic mass is 9.98. The molecule has 2 aliphatic heterocycles. The summed E-state index contributed by atoms with van der Waals surface area (Å²) in [6, 6.07) is 14.4. The van der Waals surface area contributed by atoms with Gasteiger partial charge in [0.25, 0.3) is 11.8 Å². The molecule has 2 aromatic rings. The van der Waals surface area contributed by atoms with Crippen molar-refractivity contribution in [2.75, 3.05) is 0 Å². The van der Waals surface area contributed by atoms with Crippen molar-refractivity contribution in [2.24, 2.45) is 0 Å². The summed E-state index contributed by atoms with van der Waals surface area (Å²) in [6.45, 7) is 3.65. The number of rotatable bonds is 4. The van der Waals surface area contributed by atoms with Gasteiger partial charge in [0.15, 0.2) is 0 Å². The highest BCUT2D eigenvalue weighted by molar-refractivity contribution is 6.23. The fourth-order valence-corrected chi connectivity index (χ4v) is 3.51. The Hall–Kier alpha value is -3.03. The van der Waals surface area contributed by atoms with Crippen molar-refractivity contribution in [1.29, 1.82) is 0 Å². The zero-order valence-corrected chi connectivity index (χ0v) is 15.5. The van der Waals surface area contributed by atoms with Crippen LogP contribution in [0.15, 0.2) is 54.6 Å². The Morgan fingerprint density at radius 1 is 0.929 bits per heavy atom. The van der Waals surface area contributed by atoms with Crippen LogP contribution in [0.3, 0.4) is 0 Å². The second kappa shape index (κ2) is 7.18. The van der Waals surface area contributed by atoms with Crippen LogP contribution >= 0.6 is 0 Å². The number of ether oxygens (including phenoxy) is 2. The molecule has 28 heavy (non-hydrogen) atoms. The summed E-state index contributed by atoms with van der Waals surface area (Å²) in [5.41, 5.74) is 1.25. The van der Waals surface area contributed by atoms with Gasteiger partial charge in [-0.2, -0.15) is 0 Å². The first-order valence-electron chi connectivity index (χ1n) is 9.10.